The van der Waals surface area contributed by atoms with Gasteiger partial charge in [0.2, 0.25) is 5.91 Å². The Labute approximate surface area is 82.5 Å². The van der Waals surface area contributed by atoms with Crippen LogP contribution < -0.4 is 5.32 Å². The Kier molecular flexibility index (Phi) is 7.16. The van der Waals surface area contributed by atoms with Crippen molar-refractivity contribution in [2.24, 2.45) is 0 Å². The topological polar surface area (TPSA) is 29.1 Å². The lowest BCUT2D eigenvalue weighted by atomic mass is 10.2. The average Bonchev–Trinajstić information content (AvgIpc) is 2.01. The van der Waals surface area contributed by atoms with Crippen LogP contribution in [0.15, 0.2) is 11.1 Å². The Morgan fingerprint density at radius 3 is 2.67 bits per heavy atom. The van der Waals surface area contributed by atoms with E-state index < -0.39 is 0 Å². The first-order chi connectivity index (χ1) is 5.66. The molecule has 1 amide bonds. The fourth-order valence-corrected chi connectivity index (χ4v) is 0.959. The van der Waals surface area contributed by atoms with Gasteiger partial charge < -0.3 is 5.32 Å². The highest BCUT2D eigenvalue weighted by Crippen LogP contribution is 2.00. The minimum atomic E-state index is 0.115. The molecule has 0 saturated heterocycles. The van der Waals surface area contributed by atoms with Crippen molar-refractivity contribution in [2.75, 3.05) is 6.54 Å². The van der Waals surface area contributed by atoms with Crippen molar-refractivity contribution >= 4 is 21.8 Å². The maximum Gasteiger partial charge on any atom is 0.220 e. The summed E-state index contributed by atoms with van der Waals surface area (Å²) in [6, 6.07) is 0. The molecule has 0 bridgehead atoms. The summed E-state index contributed by atoms with van der Waals surface area (Å²) < 4.78 is 0.811. The van der Waals surface area contributed by atoms with E-state index in [2.05, 4.69) is 34.7 Å². The van der Waals surface area contributed by atoms with E-state index in [9.17, 15) is 4.79 Å². The fourth-order valence-electron chi connectivity index (χ4n) is 0.818. The number of rotatable bonds is 6. The fraction of sp³-hybridized carbons (Fsp3) is 0.667. The van der Waals surface area contributed by atoms with Gasteiger partial charge in [0.25, 0.3) is 0 Å². The molecular weight excluding hydrogens is 218 g/mol. The van der Waals surface area contributed by atoms with Crippen LogP contribution >= 0.6 is 15.9 Å². The van der Waals surface area contributed by atoms with Crippen molar-refractivity contribution in [1.82, 2.24) is 5.32 Å². The van der Waals surface area contributed by atoms with Gasteiger partial charge in [-0.25, -0.2) is 0 Å². The molecule has 0 aliphatic rings. The van der Waals surface area contributed by atoms with E-state index >= 15 is 0 Å². The molecule has 1 N–H and O–H groups in total. The van der Waals surface area contributed by atoms with Gasteiger partial charge in [-0.15, -0.1) is 0 Å². The number of unbranched alkanes of at least 4 members (excludes halogenated alkanes) is 2. The summed E-state index contributed by atoms with van der Waals surface area (Å²) in [4.78, 5) is 11.0. The van der Waals surface area contributed by atoms with Crippen molar-refractivity contribution in [3.05, 3.63) is 11.1 Å². The molecule has 0 saturated carbocycles. The second-order valence-corrected chi connectivity index (χ2v) is 3.87. The van der Waals surface area contributed by atoms with Crippen LogP contribution in [0, 0.1) is 0 Å². The van der Waals surface area contributed by atoms with Gasteiger partial charge in [0.05, 0.1) is 0 Å². The van der Waals surface area contributed by atoms with E-state index in [1.807, 2.05) is 0 Å². The molecule has 12 heavy (non-hydrogen) atoms. The highest BCUT2D eigenvalue weighted by atomic mass is 79.9. The van der Waals surface area contributed by atoms with Gasteiger partial charge in [0.1, 0.15) is 0 Å². The molecule has 0 fully saturated rings. The third-order valence-electron chi connectivity index (χ3n) is 1.48. The minimum Gasteiger partial charge on any atom is -0.352 e. The number of carbonyl (C=O) groups excluding carboxylic acids is 1. The van der Waals surface area contributed by atoms with Crippen molar-refractivity contribution in [3.8, 4) is 0 Å². The number of amides is 1. The zero-order valence-electron chi connectivity index (χ0n) is 7.53. The number of hydrogen-bond donors (Lipinski definition) is 1. The largest absolute Gasteiger partial charge is 0.352 e. The van der Waals surface area contributed by atoms with Crippen molar-refractivity contribution in [1.29, 1.82) is 0 Å². The van der Waals surface area contributed by atoms with Crippen LogP contribution in [0.1, 0.15) is 32.6 Å². The lowest BCUT2D eigenvalue weighted by Gasteiger charge is -2.02. The summed E-state index contributed by atoms with van der Waals surface area (Å²) in [5.74, 6) is 0.115. The maximum absolute atomic E-state index is 11.0. The first kappa shape index (κ1) is 11.7. The van der Waals surface area contributed by atoms with Gasteiger partial charge in [-0.3, -0.25) is 4.79 Å². The third-order valence-corrected chi connectivity index (χ3v) is 1.77. The molecule has 0 unspecified atom stereocenters. The Morgan fingerprint density at radius 1 is 1.50 bits per heavy atom. The number of nitrogens with one attached hydrogen (secondary N) is 1. The molecule has 0 rings (SSSR count). The van der Waals surface area contributed by atoms with Crippen LogP contribution in [-0.2, 0) is 4.79 Å². The summed E-state index contributed by atoms with van der Waals surface area (Å²) in [6.45, 7) is 6.28. The van der Waals surface area contributed by atoms with Crippen LogP contribution in [0.3, 0.4) is 0 Å². The second-order valence-electron chi connectivity index (χ2n) is 2.75. The normalized spacial score (nSPS) is 9.50. The summed E-state index contributed by atoms with van der Waals surface area (Å²) in [5.41, 5.74) is 0. The summed E-state index contributed by atoms with van der Waals surface area (Å²) >= 11 is 3.18. The van der Waals surface area contributed by atoms with Crippen LogP contribution in [0.4, 0.5) is 0 Å². The zero-order chi connectivity index (χ0) is 9.40. The van der Waals surface area contributed by atoms with Crippen molar-refractivity contribution in [3.63, 3.8) is 0 Å². The molecule has 0 aromatic heterocycles. The lowest BCUT2D eigenvalue weighted by Crippen LogP contribution is -2.23. The smallest absolute Gasteiger partial charge is 0.220 e. The molecule has 0 aliphatic heterocycles. The van der Waals surface area contributed by atoms with Gasteiger partial charge in [-0.1, -0.05) is 42.3 Å². The standard InChI is InChI=1S/C9H16BrNO/c1-3-4-5-6-9(12)11-7-8(2)10/h2-7H2,1H3,(H,11,12). The van der Waals surface area contributed by atoms with Crippen LogP contribution in [0.2, 0.25) is 0 Å². The van der Waals surface area contributed by atoms with E-state index in [0.717, 1.165) is 23.7 Å². The Balaban J connectivity index is 3.28. The molecule has 0 aliphatic carbocycles. The molecule has 0 aromatic carbocycles. The SMILES string of the molecule is C=C(Br)CNC(=O)CCCCC. The monoisotopic (exact) mass is 233 g/mol. The van der Waals surface area contributed by atoms with Gasteiger partial charge in [0, 0.05) is 17.4 Å². The van der Waals surface area contributed by atoms with Crippen molar-refractivity contribution in [2.45, 2.75) is 32.6 Å². The molecule has 0 aromatic rings. The zero-order valence-corrected chi connectivity index (χ0v) is 9.11. The van der Waals surface area contributed by atoms with E-state index in [-0.39, 0.29) is 5.91 Å². The second kappa shape index (κ2) is 7.35. The lowest BCUT2D eigenvalue weighted by molar-refractivity contribution is -0.121. The maximum atomic E-state index is 11.0. The first-order valence-corrected chi connectivity index (χ1v) is 5.06. The van der Waals surface area contributed by atoms with E-state index in [0.29, 0.717) is 13.0 Å². The third kappa shape index (κ3) is 7.79. The van der Waals surface area contributed by atoms with Crippen LogP contribution in [-0.4, -0.2) is 12.5 Å². The molecule has 70 valence electrons. The molecule has 3 heteroatoms. The van der Waals surface area contributed by atoms with Crippen LogP contribution in [0.5, 0.6) is 0 Å². The van der Waals surface area contributed by atoms with E-state index in [4.69, 9.17) is 0 Å². The molecular formula is C9H16BrNO. The number of halogens is 1. The predicted octanol–water partition coefficient (Wildman–Crippen LogP) is 2.59. The van der Waals surface area contributed by atoms with E-state index in [1.54, 1.807) is 0 Å². The molecule has 0 spiro atoms. The molecule has 0 heterocycles. The predicted molar refractivity (Wildman–Crippen MR) is 55.2 cm³/mol. The molecule has 0 radical (unpaired) electrons. The number of hydrogen-bond acceptors (Lipinski definition) is 1. The number of carbonyl (C=O) groups is 1. The molecule has 2 nitrogen and oxygen atoms in total. The van der Waals surface area contributed by atoms with E-state index in [1.165, 1.54) is 0 Å². The van der Waals surface area contributed by atoms with Gasteiger partial charge in [0.15, 0.2) is 0 Å². The van der Waals surface area contributed by atoms with Gasteiger partial charge in [-0.2, -0.15) is 0 Å². The summed E-state index contributed by atoms with van der Waals surface area (Å²) in [5, 5.41) is 2.76. The average molecular weight is 234 g/mol. The Morgan fingerprint density at radius 2 is 2.17 bits per heavy atom. The van der Waals surface area contributed by atoms with Gasteiger partial charge in [-0.05, 0) is 6.42 Å². The Bertz CT molecular complexity index is 157. The minimum absolute atomic E-state index is 0.115. The van der Waals surface area contributed by atoms with Crippen molar-refractivity contribution < 1.29 is 4.79 Å². The Hall–Kier alpha value is -0.310. The summed E-state index contributed by atoms with van der Waals surface area (Å²) in [7, 11) is 0. The quantitative estimate of drug-likeness (QED) is 0.703. The van der Waals surface area contributed by atoms with Gasteiger partial charge >= 0.3 is 0 Å². The van der Waals surface area contributed by atoms with Crippen LogP contribution in [0.25, 0.3) is 0 Å². The summed E-state index contributed by atoms with van der Waals surface area (Å²) in [6.07, 6.45) is 3.90. The molecule has 0 atom stereocenters. The highest BCUT2D eigenvalue weighted by Gasteiger charge is 1.99. The first-order valence-electron chi connectivity index (χ1n) is 4.26. The highest BCUT2D eigenvalue weighted by molar-refractivity contribution is 9.11.